The second kappa shape index (κ2) is 8.54. The molecule has 10 heteroatoms. The zero-order chi connectivity index (χ0) is 22.1. The van der Waals surface area contributed by atoms with Gasteiger partial charge >= 0.3 is 0 Å². The minimum atomic E-state index is -0.684. The van der Waals surface area contributed by atoms with Crippen LogP contribution in [0.1, 0.15) is 42.0 Å². The Bertz CT molecular complexity index is 1020. The smallest absolute Gasteiger partial charge is 0.291 e. The lowest BCUT2D eigenvalue weighted by Gasteiger charge is -2.36. The summed E-state index contributed by atoms with van der Waals surface area (Å²) in [4.78, 5) is 19.0. The zero-order valence-electron chi connectivity index (χ0n) is 17.5. The van der Waals surface area contributed by atoms with Crippen molar-refractivity contribution in [1.29, 1.82) is 5.41 Å². The van der Waals surface area contributed by atoms with E-state index in [0.29, 0.717) is 29.8 Å². The molecule has 3 N–H and O–H groups in total. The van der Waals surface area contributed by atoms with Gasteiger partial charge in [0.05, 0.1) is 17.8 Å². The molecule has 0 saturated carbocycles. The SMILES string of the molecule is CN/C(=C1/CCN(C(=O)c2ncnn2C2CCNC2)[C@@H](C)C1=N)c1cc(F)cc(F)c1. The largest absolute Gasteiger partial charge is 0.387 e. The first-order valence-electron chi connectivity index (χ1n) is 10.3. The Hall–Kier alpha value is -3.14. The van der Waals surface area contributed by atoms with Crippen LogP contribution in [0.2, 0.25) is 0 Å². The van der Waals surface area contributed by atoms with E-state index in [0.717, 1.165) is 25.6 Å². The predicted molar refractivity (Wildman–Crippen MR) is 112 cm³/mol. The van der Waals surface area contributed by atoms with Crippen molar-refractivity contribution in [3.63, 3.8) is 0 Å². The van der Waals surface area contributed by atoms with E-state index < -0.39 is 17.7 Å². The van der Waals surface area contributed by atoms with Gasteiger partial charge in [0.1, 0.15) is 18.0 Å². The molecule has 2 aromatic rings. The highest BCUT2D eigenvalue weighted by atomic mass is 19.1. The fourth-order valence-corrected chi connectivity index (χ4v) is 4.32. The maximum atomic E-state index is 13.7. The number of carbonyl (C=O) groups excluding carboxylic acids is 1. The van der Waals surface area contributed by atoms with Crippen molar-refractivity contribution in [1.82, 2.24) is 30.3 Å². The van der Waals surface area contributed by atoms with E-state index in [-0.39, 0.29) is 23.5 Å². The number of halogens is 2. The Morgan fingerprint density at radius 1 is 1.29 bits per heavy atom. The van der Waals surface area contributed by atoms with Crippen molar-refractivity contribution in [3.05, 3.63) is 53.1 Å². The first kappa shape index (κ1) is 21.1. The molecule has 2 aliphatic heterocycles. The standard InChI is InChI=1S/C21H25F2N7O/c1-12-18(24)17(19(25-2)13-7-14(22)9-15(23)8-13)4-6-29(12)21(31)20-27-11-28-30(20)16-3-5-26-10-16/h7-9,11-12,16,24-26H,3-6,10H2,1-2H3/b19-17-,24-18?/t12-,16?/m0/s1. The summed E-state index contributed by atoms with van der Waals surface area (Å²) in [5.41, 5.74) is 1.68. The maximum absolute atomic E-state index is 13.7. The quantitative estimate of drug-likeness (QED) is 0.690. The first-order chi connectivity index (χ1) is 14.9. The summed E-state index contributed by atoms with van der Waals surface area (Å²) in [7, 11) is 1.65. The summed E-state index contributed by atoms with van der Waals surface area (Å²) in [5, 5.41) is 19.2. The summed E-state index contributed by atoms with van der Waals surface area (Å²) < 4.78 is 29.1. The van der Waals surface area contributed by atoms with E-state index in [1.54, 1.807) is 23.6 Å². The normalized spacial score (nSPS) is 23.2. The predicted octanol–water partition coefficient (Wildman–Crippen LogP) is 1.98. The number of rotatable bonds is 4. The number of hydrogen-bond donors (Lipinski definition) is 3. The molecule has 1 aromatic heterocycles. The number of carbonyl (C=O) groups is 1. The number of aromatic nitrogens is 3. The van der Waals surface area contributed by atoms with Crippen LogP contribution in [-0.2, 0) is 0 Å². The van der Waals surface area contributed by atoms with Crippen molar-refractivity contribution in [2.24, 2.45) is 0 Å². The minimum Gasteiger partial charge on any atom is -0.387 e. The number of piperidine rings is 1. The molecule has 1 unspecified atom stereocenters. The lowest BCUT2D eigenvalue weighted by atomic mass is 9.91. The van der Waals surface area contributed by atoms with Gasteiger partial charge in [-0.25, -0.2) is 18.4 Å². The van der Waals surface area contributed by atoms with Crippen LogP contribution in [0, 0.1) is 17.0 Å². The molecule has 1 amide bonds. The molecule has 4 rings (SSSR count). The molecule has 0 aliphatic carbocycles. The van der Waals surface area contributed by atoms with Gasteiger partial charge in [0, 0.05) is 43.0 Å². The average Bonchev–Trinajstić information content (AvgIpc) is 3.42. The first-order valence-corrected chi connectivity index (χ1v) is 10.3. The Morgan fingerprint density at radius 2 is 2.03 bits per heavy atom. The minimum absolute atomic E-state index is 0.0789. The molecule has 164 valence electrons. The molecule has 0 radical (unpaired) electrons. The Balaban J connectivity index is 1.61. The molecular formula is C21H25F2N7O. The summed E-state index contributed by atoms with van der Waals surface area (Å²) in [6, 6.07) is 2.83. The van der Waals surface area contributed by atoms with Crippen LogP contribution >= 0.6 is 0 Å². The van der Waals surface area contributed by atoms with Gasteiger partial charge in [0.15, 0.2) is 0 Å². The number of nitrogens with one attached hydrogen (secondary N) is 3. The van der Waals surface area contributed by atoms with Gasteiger partial charge < -0.3 is 20.9 Å². The van der Waals surface area contributed by atoms with Gasteiger partial charge in [-0.15, -0.1) is 0 Å². The van der Waals surface area contributed by atoms with Crippen LogP contribution in [0.3, 0.4) is 0 Å². The van der Waals surface area contributed by atoms with Gasteiger partial charge in [-0.1, -0.05) is 0 Å². The van der Waals surface area contributed by atoms with E-state index >= 15 is 0 Å². The molecule has 0 bridgehead atoms. The van der Waals surface area contributed by atoms with Gasteiger partial charge in [0.2, 0.25) is 5.82 Å². The van der Waals surface area contributed by atoms with E-state index in [1.807, 2.05) is 0 Å². The highest BCUT2D eigenvalue weighted by molar-refractivity contribution is 6.10. The zero-order valence-corrected chi connectivity index (χ0v) is 17.5. The maximum Gasteiger partial charge on any atom is 0.291 e. The summed E-state index contributed by atoms with van der Waals surface area (Å²) in [6.45, 7) is 3.73. The fourth-order valence-electron chi connectivity index (χ4n) is 4.32. The van der Waals surface area contributed by atoms with Gasteiger partial charge in [-0.3, -0.25) is 4.79 Å². The Morgan fingerprint density at radius 3 is 2.68 bits per heavy atom. The van der Waals surface area contributed by atoms with Crippen LogP contribution in [-0.4, -0.2) is 64.0 Å². The third-order valence-corrected chi connectivity index (χ3v) is 5.92. The number of benzene rings is 1. The van der Waals surface area contributed by atoms with Crippen LogP contribution in [0.4, 0.5) is 8.78 Å². The van der Waals surface area contributed by atoms with Gasteiger partial charge in [-0.05, 0) is 38.4 Å². The van der Waals surface area contributed by atoms with Gasteiger partial charge in [-0.2, -0.15) is 5.10 Å². The molecule has 3 heterocycles. The van der Waals surface area contributed by atoms with Crippen LogP contribution in [0.25, 0.3) is 5.70 Å². The van der Waals surface area contributed by atoms with Crippen molar-refractivity contribution in [2.45, 2.75) is 31.8 Å². The summed E-state index contributed by atoms with van der Waals surface area (Å²) >= 11 is 0. The molecule has 0 spiro atoms. The van der Waals surface area contributed by atoms with Crippen LogP contribution in [0.5, 0.6) is 0 Å². The molecule has 31 heavy (non-hydrogen) atoms. The summed E-state index contributed by atoms with van der Waals surface area (Å²) in [5.74, 6) is -1.38. The van der Waals surface area contributed by atoms with E-state index in [2.05, 4.69) is 20.7 Å². The van der Waals surface area contributed by atoms with Crippen LogP contribution in [0.15, 0.2) is 30.1 Å². The van der Waals surface area contributed by atoms with Gasteiger partial charge in [0.25, 0.3) is 5.91 Å². The third-order valence-electron chi connectivity index (χ3n) is 5.92. The second-order valence-corrected chi connectivity index (χ2v) is 7.77. The van der Waals surface area contributed by atoms with Crippen LogP contribution < -0.4 is 10.6 Å². The number of amides is 1. The molecule has 2 aliphatic rings. The second-order valence-electron chi connectivity index (χ2n) is 7.77. The average molecular weight is 429 g/mol. The molecular weight excluding hydrogens is 404 g/mol. The lowest BCUT2D eigenvalue weighted by Crippen LogP contribution is -2.49. The fraction of sp³-hybridized carbons (Fsp3) is 0.429. The molecule has 2 saturated heterocycles. The topological polar surface area (TPSA) is 98.9 Å². The van der Waals surface area contributed by atoms with E-state index in [1.165, 1.54) is 18.5 Å². The van der Waals surface area contributed by atoms with Crippen molar-refractivity contribution in [3.8, 4) is 0 Å². The number of likely N-dealkylation sites (tertiary alicyclic amines) is 1. The van der Waals surface area contributed by atoms with Crippen molar-refractivity contribution in [2.75, 3.05) is 26.7 Å². The molecule has 2 atom stereocenters. The monoisotopic (exact) mass is 429 g/mol. The van der Waals surface area contributed by atoms with Crippen molar-refractivity contribution >= 4 is 17.3 Å². The number of nitrogens with zero attached hydrogens (tertiary/aromatic N) is 4. The summed E-state index contributed by atoms with van der Waals surface area (Å²) in [6.07, 6.45) is 2.63. The third kappa shape index (κ3) is 3.95. The van der Waals surface area contributed by atoms with Crippen molar-refractivity contribution < 1.29 is 13.6 Å². The molecule has 2 fully saturated rings. The lowest BCUT2D eigenvalue weighted by molar-refractivity contribution is 0.0706. The highest BCUT2D eigenvalue weighted by Crippen LogP contribution is 2.28. The van der Waals surface area contributed by atoms with E-state index in [4.69, 9.17) is 5.41 Å². The van der Waals surface area contributed by atoms with E-state index in [9.17, 15) is 13.6 Å². The Labute approximate surface area is 178 Å². The molecule has 8 nitrogen and oxygen atoms in total. The Kier molecular flexibility index (Phi) is 5.81. The molecule has 1 aromatic carbocycles. The highest BCUT2D eigenvalue weighted by Gasteiger charge is 2.35. The number of hydrogen-bond acceptors (Lipinski definition) is 6.